The Labute approximate surface area is 206 Å². The van der Waals surface area contributed by atoms with E-state index in [0.717, 1.165) is 57.2 Å². The summed E-state index contributed by atoms with van der Waals surface area (Å²) in [6, 6.07) is 17.5. The van der Waals surface area contributed by atoms with Crippen LogP contribution in [0, 0.1) is 11.7 Å². The van der Waals surface area contributed by atoms with Crippen molar-refractivity contribution in [1.82, 2.24) is 14.7 Å². The average molecular weight is 470 g/mol. The molecule has 1 aliphatic heterocycles. The number of aryl methyl sites for hydroxylation is 1. The fourth-order valence-electron chi connectivity index (χ4n) is 6.62. The SMILES string of the molecule is C[C@@H]1C2=C(CC[C@H]2C(=O)N2CCCC2CCc2ccccc2)Cc2c1cnn2-c1ccc(F)cc1. The van der Waals surface area contributed by atoms with Crippen molar-refractivity contribution < 1.29 is 9.18 Å². The van der Waals surface area contributed by atoms with Gasteiger partial charge in [-0.25, -0.2) is 9.07 Å². The maximum Gasteiger partial charge on any atom is 0.230 e. The Kier molecular flexibility index (Phi) is 5.79. The lowest BCUT2D eigenvalue weighted by Gasteiger charge is -2.31. The van der Waals surface area contributed by atoms with Gasteiger partial charge in [-0.1, -0.05) is 48.4 Å². The van der Waals surface area contributed by atoms with Crippen molar-refractivity contribution in [2.75, 3.05) is 6.54 Å². The first-order chi connectivity index (χ1) is 17.1. The molecule has 2 heterocycles. The van der Waals surface area contributed by atoms with Crippen LogP contribution >= 0.6 is 0 Å². The van der Waals surface area contributed by atoms with Gasteiger partial charge in [-0.3, -0.25) is 4.79 Å². The van der Waals surface area contributed by atoms with E-state index < -0.39 is 0 Å². The van der Waals surface area contributed by atoms with Crippen molar-refractivity contribution in [3.8, 4) is 5.69 Å². The van der Waals surface area contributed by atoms with Crippen molar-refractivity contribution in [1.29, 1.82) is 0 Å². The molecule has 1 saturated heterocycles. The van der Waals surface area contributed by atoms with E-state index >= 15 is 0 Å². The first kappa shape index (κ1) is 22.3. The molecule has 0 saturated carbocycles. The number of carbonyl (C=O) groups is 1. The molecule has 1 fully saturated rings. The summed E-state index contributed by atoms with van der Waals surface area (Å²) in [7, 11) is 0. The highest BCUT2D eigenvalue weighted by atomic mass is 19.1. The summed E-state index contributed by atoms with van der Waals surface area (Å²) >= 11 is 0. The monoisotopic (exact) mass is 469 g/mol. The Morgan fingerprint density at radius 1 is 1.09 bits per heavy atom. The molecule has 1 amide bonds. The molecule has 0 N–H and O–H groups in total. The summed E-state index contributed by atoms with van der Waals surface area (Å²) in [6.45, 7) is 3.12. The summed E-state index contributed by atoms with van der Waals surface area (Å²) in [4.78, 5) is 16.1. The van der Waals surface area contributed by atoms with Gasteiger partial charge in [0.15, 0.2) is 0 Å². The van der Waals surface area contributed by atoms with Crippen LogP contribution in [0.5, 0.6) is 0 Å². The van der Waals surface area contributed by atoms with Gasteiger partial charge < -0.3 is 4.90 Å². The van der Waals surface area contributed by atoms with Crippen LogP contribution in [0.4, 0.5) is 4.39 Å². The first-order valence-corrected chi connectivity index (χ1v) is 13.0. The Hall–Kier alpha value is -3.21. The number of halogens is 1. The molecule has 2 aliphatic carbocycles. The second kappa shape index (κ2) is 9.10. The van der Waals surface area contributed by atoms with Crippen LogP contribution < -0.4 is 0 Å². The van der Waals surface area contributed by atoms with Crippen molar-refractivity contribution >= 4 is 5.91 Å². The largest absolute Gasteiger partial charge is 0.339 e. The van der Waals surface area contributed by atoms with E-state index in [2.05, 4.69) is 47.3 Å². The molecule has 1 unspecified atom stereocenters. The number of benzene rings is 2. The van der Waals surface area contributed by atoms with Gasteiger partial charge in [0.1, 0.15) is 5.82 Å². The predicted molar refractivity (Wildman–Crippen MR) is 135 cm³/mol. The molecule has 1 aromatic heterocycles. The van der Waals surface area contributed by atoms with Crippen LogP contribution in [0.3, 0.4) is 0 Å². The number of hydrogen-bond donors (Lipinski definition) is 0. The van der Waals surface area contributed by atoms with E-state index in [9.17, 15) is 9.18 Å². The lowest BCUT2D eigenvalue weighted by atomic mass is 9.79. The van der Waals surface area contributed by atoms with Crippen LogP contribution in [0.2, 0.25) is 0 Å². The Bertz CT molecular complexity index is 1260. The lowest BCUT2D eigenvalue weighted by Crippen LogP contribution is -2.40. The number of fused-ring (bicyclic) bond motifs is 1. The van der Waals surface area contributed by atoms with Crippen molar-refractivity contribution in [2.24, 2.45) is 5.92 Å². The number of nitrogens with zero attached hydrogens (tertiary/aromatic N) is 3. The van der Waals surface area contributed by atoms with Gasteiger partial charge in [-0.15, -0.1) is 0 Å². The molecule has 0 radical (unpaired) electrons. The van der Waals surface area contributed by atoms with Gasteiger partial charge in [-0.05, 0) is 68.4 Å². The highest BCUT2D eigenvalue weighted by Gasteiger charge is 2.42. The molecule has 0 bridgehead atoms. The normalized spacial score (nSPS) is 23.5. The lowest BCUT2D eigenvalue weighted by molar-refractivity contribution is -0.135. The number of amides is 1. The van der Waals surface area contributed by atoms with E-state index in [1.54, 1.807) is 12.1 Å². The van der Waals surface area contributed by atoms with Gasteiger partial charge in [0.05, 0.1) is 23.5 Å². The van der Waals surface area contributed by atoms with Gasteiger partial charge in [0.2, 0.25) is 5.91 Å². The molecular weight excluding hydrogens is 437 g/mol. The Morgan fingerprint density at radius 2 is 1.89 bits per heavy atom. The van der Waals surface area contributed by atoms with Gasteiger partial charge >= 0.3 is 0 Å². The maximum absolute atomic E-state index is 13.9. The number of likely N-dealkylation sites (tertiary alicyclic amines) is 1. The zero-order chi connectivity index (χ0) is 23.9. The van der Waals surface area contributed by atoms with Crippen LogP contribution in [0.15, 0.2) is 71.9 Å². The molecule has 2 aromatic carbocycles. The molecule has 35 heavy (non-hydrogen) atoms. The van der Waals surface area contributed by atoms with Gasteiger partial charge in [0, 0.05) is 30.5 Å². The zero-order valence-electron chi connectivity index (χ0n) is 20.3. The van der Waals surface area contributed by atoms with Crippen LogP contribution in [0.25, 0.3) is 5.69 Å². The maximum atomic E-state index is 13.9. The Morgan fingerprint density at radius 3 is 2.69 bits per heavy atom. The smallest absolute Gasteiger partial charge is 0.230 e. The fraction of sp³-hybridized carbons (Fsp3) is 0.400. The van der Waals surface area contributed by atoms with Crippen molar-refractivity contribution in [3.63, 3.8) is 0 Å². The van der Waals surface area contributed by atoms with Gasteiger partial charge in [0.25, 0.3) is 0 Å². The van der Waals surface area contributed by atoms with Crippen molar-refractivity contribution in [3.05, 3.63) is 94.6 Å². The summed E-state index contributed by atoms with van der Waals surface area (Å²) in [5, 5.41) is 4.66. The minimum Gasteiger partial charge on any atom is -0.339 e. The molecule has 6 rings (SSSR count). The number of carbonyl (C=O) groups excluding carboxylic acids is 1. The van der Waals surface area contributed by atoms with E-state index in [1.165, 1.54) is 40.1 Å². The Balaban J connectivity index is 1.21. The summed E-state index contributed by atoms with van der Waals surface area (Å²) in [6.07, 6.45) is 8.96. The number of aromatic nitrogens is 2. The van der Waals surface area contributed by atoms with Crippen LogP contribution in [0.1, 0.15) is 61.8 Å². The zero-order valence-corrected chi connectivity index (χ0v) is 20.3. The van der Waals surface area contributed by atoms with Gasteiger partial charge in [-0.2, -0.15) is 5.10 Å². The number of allylic oxidation sites excluding steroid dienone is 1. The fourth-order valence-corrected chi connectivity index (χ4v) is 6.62. The first-order valence-electron chi connectivity index (χ1n) is 13.0. The molecule has 0 spiro atoms. The van der Waals surface area contributed by atoms with Crippen LogP contribution in [-0.2, 0) is 17.6 Å². The number of rotatable bonds is 5. The summed E-state index contributed by atoms with van der Waals surface area (Å²) < 4.78 is 15.4. The molecule has 4 nitrogen and oxygen atoms in total. The molecule has 3 aliphatic rings. The van der Waals surface area contributed by atoms with E-state index in [0.29, 0.717) is 11.9 Å². The van der Waals surface area contributed by atoms with Crippen LogP contribution in [-0.4, -0.2) is 33.2 Å². The molecule has 180 valence electrons. The molecule has 3 aromatic rings. The standard InChI is InChI=1S/C30H32FN3O/c1-20-27-19-32-34(25-14-11-23(31)12-15-25)28(27)18-22-10-16-26(29(20)22)30(35)33-17-5-8-24(33)13-9-21-6-3-2-4-7-21/h2-4,6-7,11-12,14-15,19-20,24,26H,5,8-10,13,16-18H2,1H3/t20-,24?,26+/m0/s1. The third kappa shape index (κ3) is 4.01. The predicted octanol–water partition coefficient (Wildman–Crippen LogP) is 6.00. The number of hydrogen-bond acceptors (Lipinski definition) is 2. The summed E-state index contributed by atoms with van der Waals surface area (Å²) in [5.41, 5.74) is 7.37. The minimum atomic E-state index is -0.241. The highest BCUT2D eigenvalue weighted by molar-refractivity contribution is 5.84. The van der Waals surface area contributed by atoms with E-state index in [4.69, 9.17) is 0 Å². The second-order valence-electron chi connectivity index (χ2n) is 10.3. The third-order valence-corrected chi connectivity index (χ3v) is 8.37. The summed E-state index contributed by atoms with van der Waals surface area (Å²) in [5.74, 6) is 0.283. The quantitative estimate of drug-likeness (QED) is 0.430. The van der Waals surface area contributed by atoms with E-state index in [-0.39, 0.29) is 17.7 Å². The highest BCUT2D eigenvalue weighted by Crippen LogP contribution is 2.48. The molecular formula is C30H32FN3O. The minimum absolute atomic E-state index is 0.000327. The van der Waals surface area contributed by atoms with Crippen molar-refractivity contribution in [2.45, 2.75) is 63.8 Å². The molecule has 5 heteroatoms. The second-order valence-corrected chi connectivity index (χ2v) is 10.3. The average Bonchev–Trinajstić information content (AvgIpc) is 3.62. The van der Waals surface area contributed by atoms with E-state index in [1.807, 2.05) is 10.9 Å². The third-order valence-electron chi connectivity index (χ3n) is 8.37. The topological polar surface area (TPSA) is 38.1 Å². The molecule has 3 atom stereocenters.